The molecule has 0 radical (unpaired) electrons. The summed E-state index contributed by atoms with van der Waals surface area (Å²) in [5, 5.41) is -0.919. The summed E-state index contributed by atoms with van der Waals surface area (Å²) in [6, 6.07) is 27.2. The molecule has 0 saturated carbocycles. The quantitative estimate of drug-likeness (QED) is 0.166. The molecule has 2 aliphatic rings. The average molecular weight is 823 g/mol. The van der Waals surface area contributed by atoms with E-state index in [0.717, 1.165) is 39.2 Å². The summed E-state index contributed by atoms with van der Waals surface area (Å²) in [6.45, 7) is 4.40. The molecule has 298 valence electrons. The average Bonchev–Trinajstić information content (AvgIpc) is 3.68. The SMILES string of the molecule is [2H]c1c([2H])c([2H])c(-c2c([2H])c([2H])c3c(c2[2H])-c2c(c([2H])c4c([2H])c([2H])c([2H])c([2H])c4c2[2H])Oc2c([2H])c([2H])c([2H])c(-c4ccc(N(c5ccc(-c6ccccc6)cc5)c5ccc6c(c5)C(C)(C)c5ccccc5-6)cc4)c2-3)c([2H])c1[2H]. The van der Waals surface area contributed by atoms with E-state index in [1.807, 2.05) is 66.7 Å². The molecule has 2 heteroatoms. The maximum absolute atomic E-state index is 10.0. The molecule has 0 atom stereocenters. The second-order valence-corrected chi connectivity index (χ2v) is 16.0. The number of ether oxygens (including phenoxy) is 1. The summed E-state index contributed by atoms with van der Waals surface area (Å²) in [5.74, 6) is -1.14. The smallest absolute Gasteiger partial charge is 0.135 e. The molecule has 1 aliphatic carbocycles. The second kappa shape index (κ2) is 14.6. The minimum absolute atomic E-state index is 0.118. The summed E-state index contributed by atoms with van der Waals surface area (Å²) in [4.78, 5) is 2.08. The maximum atomic E-state index is 10.0. The number of hydrogen-bond donors (Lipinski definition) is 0. The Morgan fingerprint density at radius 2 is 1.05 bits per heavy atom. The van der Waals surface area contributed by atoms with E-state index in [0.29, 0.717) is 5.69 Å². The highest BCUT2D eigenvalue weighted by Gasteiger charge is 2.36. The van der Waals surface area contributed by atoms with Crippen LogP contribution in [0.1, 0.15) is 48.3 Å². The van der Waals surface area contributed by atoms with Gasteiger partial charge in [0, 0.05) is 33.6 Å². The summed E-state index contributed by atoms with van der Waals surface area (Å²) in [6.07, 6.45) is 0. The van der Waals surface area contributed by atoms with Crippen LogP contribution in [0.4, 0.5) is 17.1 Å². The van der Waals surface area contributed by atoms with Crippen LogP contribution in [0, 0.1) is 0 Å². The van der Waals surface area contributed by atoms with E-state index in [9.17, 15) is 11.0 Å². The lowest BCUT2D eigenvalue weighted by atomic mass is 9.82. The fraction of sp³-hybridized carbons (Fsp3) is 0.0492. The minimum atomic E-state index is -0.814. The molecule has 0 amide bonds. The Labute approximate surface area is 392 Å². The third-order valence-corrected chi connectivity index (χ3v) is 12.0. The first-order valence-electron chi connectivity index (χ1n) is 28.9. The van der Waals surface area contributed by atoms with Crippen molar-refractivity contribution in [1.29, 1.82) is 0 Å². The van der Waals surface area contributed by atoms with Crippen molar-refractivity contribution in [3.05, 3.63) is 235 Å². The first kappa shape index (κ1) is 23.3. The number of anilines is 3. The Balaban J connectivity index is 1.13. The maximum Gasteiger partial charge on any atom is 0.135 e. The Hall–Kier alpha value is -7.94. The van der Waals surface area contributed by atoms with Gasteiger partial charge in [0.05, 0.1) is 23.3 Å². The van der Waals surface area contributed by atoms with Crippen LogP contribution in [0.5, 0.6) is 11.5 Å². The van der Waals surface area contributed by atoms with E-state index < -0.39 is 153 Å². The van der Waals surface area contributed by atoms with Crippen molar-refractivity contribution in [1.82, 2.24) is 0 Å². The van der Waals surface area contributed by atoms with Crippen molar-refractivity contribution in [3.8, 4) is 78.3 Å². The molecule has 2 nitrogen and oxygen atoms in total. The largest absolute Gasteiger partial charge is 0.456 e. The van der Waals surface area contributed by atoms with Gasteiger partial charge in [0.2, 0.25) is 0 Å². The molecule has 0 N–H and O–H groups in total. The van der Waals surface area contributed by atoms with Crippen LogP contribution in [0.2, 0.25) is 0 Å². The molecule has 0 fully saturated rings. The third kappa shape index (κ3) is 6.17. The van der Waals surface area contributed by atoms with Crippen LogP contribution in [0.15, 0.2) is 224 Å². The summed E-state index contributed by atoms with van der Waals surface area (Å²) in [5.41, 5.74) is 5.81. The zero-order chi connectivity index (χ0) is 56.9. The van der Waals surface area contributed by atoms with Gasteiger partial charge in [-0.15, -0.1) is 0 Å². The summed E-state index contributed by atoms with van der Waals surface area (Å²) < 4.78 is 162. The van der Waals surface area contributed by atoms with Crippen molar-refractivity contribution in [2.75, 3.05) is 4.90 Å². The fourth-order valence-electron chi connectivity index (χ4n) is 8.90. The van der Waals surface area contributed by atoms with Crippen LogP contribution >= 0.6 is 0 Å². The van der Waals surface area contributed by atoms with Crippen LogP contribution in [-0.2, 0) is 5.41 Å². The van der Waals surface area contributed by atoms with Crippen molar-refractivity contribution in [3.63, 3.8) is 0 Å². The lowest BCUT2D eigenvalue weighted by Gasteiger charge is -2.28. The van der Waals surface area contributed by atoms with E-state index in [4.69, 9.17) is 17.1 Å². The zero-order valence-corrected chi connectivity index (χ0v) is 33.9. The molecule has 0 saturated heterocycles. The molecule has 0 bridgehead atoms. The highest BCUT2D eigenvalue weighted by atomic mass is 16.5. The van der Waals surface area contributed by atoms with Crippen molar-refractivity contribution < 1.29 is 28.0 Å². The lowest BCUT2D eigenvalue weighted by molar-refractivity contribution is 0.488. The normalized spacial score (nSPS) is 16.6. The van der Waals surface area contributed by atoms with E-state index in [2.05, 4.69) is 49.1 Å². The van der Waals surface area contributed by atoms with Gasteiger partial charge in [0.1, 0.15) is 11.5 Å². The molecule has 63 heavy (non-hydrogen) atoms. The van der Waals surface area contributed by atoms with E-state index in [-0.39, 0.29) is 22.1 Å². The molecule has 0 unspecified atom stereocenters. The van der Waals surface area contributed by atoms with Crippen LogP contribution in [-0.4, -0.2) is 0 Å². The van der Waals surface area contributed by atoms with Gasteiger partial charge in [-0.3, -0.25) is 0 Å². The molecular weight excluding hydrogens is 763 g/mol. The molecule has 12 rings (SSSR count). The number of rotatable bonds is 6. The summed E-state index contributed by atoms with van der Waals surface area (Å²) in [7, 11) is 0. The Bertz CT molecular complexity index is 4340. The molecule has 10 aromatic carbocycles. The van der Waals surface area contributed by atoms with Gasteiger partial charge in [0.25, 0.3) is 0 Å². The molecule has 1 heterocycles. The second-order valence-electron chi connectivity index (χ2n) is 16.0. The lowest BCUT2D eigenvalue weighted by Crippen LogP contribution is -2.16. The van der Waals surface area contributed by atoms with Gasteiger partial charge in [-0.1, -0.05) is 177 Å². The predicted octanol–water partition coefficient (Wildman–Crippen LogP) is 17.1. The van der Waals surface area contributed by atoms with Crippen molar-refractivity contribution >= 4 is 27.8 Å². The number of nitrogens with zero attached hydrogens (tertiary/aromatic N) is 1. The number of benzene rings is 10. The predicted molar refractivity (Wildman–Crippen MR) is 263 cm³/mol. The van der Waals surface area contributed by atoms with Gasteiger partial charge >= 0.3 is 0 Å². The third-order valence-electron chi connectivity index (χ3n) is 12.0. The van der Waals surface area contributed by atoms with Crippen LogP contribution < -0.4 is 9.64 Å². The summed E-state index contributed by atoms with van der Waals surface area (Å²) >= 11 is 0. The van der Waals surface area contributed by atoms with Gasteiger partial charge in [0.15, 0.2) is 0 Å². The highest BCUT2D eigenvalue weighted by molar-refractivity contribution is 6.02. The standard InChI is InChI=1S/C61H43NO/c1-61(2)56-22-12-11-20-51(56)52-35-33-49(39-57(52)61)62(47-29-24-42(25-30-47)40-14-5-3-6-15-40)48-31-26-43(27-32-48)50-21-13-23-58-60(50)53-34-28-46(41-16-7-4-8-17-41)36-54(53)55-37-44-18-9-10-19-45(44)38-59(55)63-58/h3-39H,1-2H3/i4D,7D,8D,9D,10D,13D,16D,17D,18D,19D,21D,23D,28D,34D,36D,37D,38D. The molecule has 0 spiro atoms. The number of fused-ring (bicyclic) bond motifs is 9. The van der Waals surface area contributed by atoms with Crippen molar-refractivity contribution in [2.45, 2.75) is 19.3 Å². The first-order chi connectivity index (χ1) is 38.1. The Kier molecular flexibility index (Phi) is 5.41. The van der Waals surface area contributed by atoms with Gasteiger partial charge < -0.3 is 9.64 Å². The molecule has 1 aliphatic heterocycles. The van der Waals surface area contributed by atoms with E-state index >= 15 is 0 Å². The highest BCUT2D eigenvalue weighted by Crippen LogP contribution is 2.53. The first-order valence-corrected chi connectivity index (χ1v) is 20.4. The van der Waals surface area contributed by atoms with Gasteiger partial charge in [-0.2, -0.15) is 0 Å². The van der Waals surface area contributed by atoms with Gasteiger partial charge in [-0.25, -0.2) is 0 Å². The van der Waals surface area contributed by atoms with Gasteiger partial charge in [-0.05, 0) is 138 Å². The molecular formula is C61H43NO. The van der Waals surface area contributed by atoms with E-state index in [1.54, 1.807) is 24.3 Å². The molecule has 10 aromatic rings. The Morgan fingerprint density at radius 1 is 0.397 bits per heavy atom. The van der Waals surface area contributed by atoms with Crippen LogP contribution in [0.3, 0.4) is 0 Å². The topological polar surface area (TPSA) is 12.5 Å². The fourth-order valence-corrected chi connectivity index (χ4v) is 8.90. The monoisotopic (exact) mass is 822 g/mol. The van der Waals surface area contributed by atoms with Crippen LogP contribution in [0.25, 0.3) is 77.5 Å². The Morgan fingerprint density at radius 3 is 1.83 bits per heavy atom. The van der Waals surface area contributed by atoms with Crippen molar-refractivity contribution in [2.24, 2.45) is 0 Å². The minimum Gasteiger partial charge on any atom is -0.456 e. The number of hydrogen-bond acceptors (Lipinski definition) is 2. The molecule has 0 aromatic heterocycles. The zero-order valence-electron chi connectivity index (χ0n) is 50.9. The van der Waals surface area contributed by atoms with E-state index in [1.165, 1.54) is 5.56 Å².